The van der Waals surface area contributed by atoms with Crippen LogP contribution in [0.2, 0.25) is 0 Å². The maximum absolute atomic E-state index is 14.1. The first-order valence-corrected chi connectivity index (χ1v) is 10.4. The average molecular weight is 392 g/mol. The molecule has 5 nitrogen and oxygen atoms in total. The molecule has 2 rings (SSSR count). The summed E-state index contributed by atoms with van der Waals surface area (Å²) < 4.78 is 41.2. The number of rotatable bonds is 9. The first kappa shape index (κ1) is 21.1. The maximum atomic E-state index is 14.1. The van der Waals surface area contributed by atoms with Gasteiger partial charge in [-0.3, -0.25) is 4.79 Å². The number of amides is 1. The van der Waals surface area contributed by atoms with Gasteiger partial charge < -0.3 is 5.32 Å². The molecule has 7 heteroatoms. The molecule has 0 saturated carbocycles. The first-order chi connectivity index (χ1) is 12.8. The van der Waals surface area contributed by atoms with Gasteiger partial charge in [0.1, 0.15) is 5.82 Å². The van der Waals surface area contributed by atoms with Crippen LogP contribution in [0.25, 0.3) is 0 Å². The summed E-state index contributed by atoms with van der Waals surface area (Å²) in [6.45, 7) is 3.75. The van der Waals surface area contributed by atoms with Gasteiger partial charge in [-0.15, -0.1) is 0 Å². The second-order valence-electron chi connectivity index (χ2n) is 6.38. The van der Waals surface area contributed by atoms with E-state index in [1.54, 1.807) is 18.2 Å². The van der Waals surface area contributed by atoms with Gasteiger partial charge in [0.05, 0.1) is 11.4 Å². The molecule has 0 bridgehead atoms. The zero-order chi connectivity index (χ0) is 19.9. The summed E-state index contributed by atoms with van der Waals surface area (Å²) in [5.74, 6) is -0.913. The van der Waals surface area contributed by atoms with Crippen LogP contribution in [0.5, 0.6) is 0 Å². The van der Waals surface area contributed by atoms with E-state index >= 15 is 0 Å². The van der Waals surface area contributed by atoms with Crippen molar-refractivity contribution in [2.45, 2.75) is 38.1 Å². The zero-order valence-electron chi connectivity index (χ0n) is 15.6. The summed E-state index contributed by atoms with van der Waals surface area (Å²) in [5, 5.41) is 2.71. The van der Waals surface area contributed by atoms with Gasteiger partial charge in [-0.1, -0.05) is 49.2 Å². The van der Waals surface area contributed by atoms with Crippen LogP contribution < -0.4 is 5.32 Å². The summed E-state index contributed by atoms with van der Waals surface area (Å²) >= 11 is 0. The van der Waals surface area contributed by atoms with Gasteiger partial charge in [0.2, 0.25) is 15.9 Å². The van der Waals surface area contributed by atoms with E-state index in [1.807, 2.05) is 13.8 Å². The molecule has 0 heterocycles. The lowest BCUT2D eigenvalue weighted by atomic mass is 10.2. The van der Waals surface area contributed by atoms with Crippen LogP contribution in [0, 0.1) is 12.7 Å². The SMILES string of the molecule is CCCCNC(=O)CN(Cc1ccccc1F)S(=O)(=O)c1ccc(C)cc1. The number of halogens is 1. The van der Waals surface area contributed by atoms with E-state index in [0.29, 0.717) is 6.54 Å². The van der Waals surface area contributed by atoms with E-state index in [0.717, 1.165) is 22.7 Å². The highest BCUT2D eigenvalue weighted by Crippen LogP contribution is 2.20. The smallest absolute Gasteiger partial charge is 0.243 e. The predicted molar refractivity (Wildman–Crippen MR) is 103 cm³/mol. The highest BCUT2D eigenvalue weighted by Gasteiger charge is 2.27. The number of hydrogen-bond acceptors (Lipinski definition) is 3. The van der Waals surface area contributed by atoms with E-state index in [2.05, 4.69) is 5.32 Å². The van der Waals surface area contributed by atoms with Crippen molar-refractivity contribution in [3.8, 4) is 0 Å². The van der Waals surface area contributed by atoms with Crippen LogP contribution in [-0.2, 0) is 21.4 Å². The maximum Gasteiger partial charge on any atom is 0.243 e. The molecule has 2 aromatic carbocycles. The lowest BCUT2D eigenvalue weighted by Crippen LogP contribution is -2.40. The second-order valence-corrected chi connectivity index (χ2v) is 8.32. The highest BCUT2D eigenvalue weighted by atomic mass is 32.2. The predicted octanol–water partition coefficient (Wildman–Crippen LogP) is 3.24. The number of aryl methyl sites for hydroxylation is 1. The molecule has 0 radical (unpaired) electrons. The van der Waals surface area contributed by atoms with Crippen LogP contribution in [-0.4, -0.2) is 31.7 Å². The van der Waals surface area contributed by atoms with Crippen molar-refractivity contribution in [2.24, 2.45) is 0 Å². The Morgan fingerprint density at radius 2 is 1.78 bits per heavy atom. The molecule has 1 N–H and O–H groups in total. The Morgan fingerprint density at radius 1 is 1.11 bits per heavy atom. The number of unbranched alkanes of at least 4 members (excludes halogenated alkanes) is 1. The van der Waals surface area contributed by atoms with Crippen molar-refractivity contribution < 1.29 is 17.6 Å². The van der Waals surface area contributed by atoms with Crippen LogP contribution in [0.1, 0.15) is 30.9 Å². The summed E-state index contributed by atoms with van der Waals surface area (Å²) in [4.78, 5) is 12.3. The molecule has 0 aliphatic rings. The van der Waals surface area contributed by atoms with Crippen molar-refractivity contribution in [1.82, 2.24) is 9.62 Å². The number of benzene rings is 2. The fourth-order valence-corrected chi connectivity index (χ4v) is 3.90. The van der Waals surface area contributed by atoms with Crippen molar-refractivity contribution in [1.29, 1.82) is 0 Å². The van der Waals surface area contributed by atoms with Crippen molar-refractivity contribution in [2.75, 3.05) is 13.1 Å². The third-order valence-corrected chi connectivity index (χ3v) is 5.94. The normalized spacial score (nSPS) is 11.6. The molecule has 0 fully saturated rings. The van der Waals surface area contributed by atoms with E-state index in [9.17, 15) is 17.6 Å². The quantitative estimate of drug-likeness (QED) is 0.666. The third-order valence-electron chi connectivity index (χ3n) is 4.14. The molecule has 0 aromatic heterocycles. The number of carbonyl (C=O) groups is 1. The average Bonchev–Trinajstić information content (AvgIpc) is 2.63. The van der Waals surface area contributed by atoms with Gasteiger partial charge >= 0.3 is 0 Å². The van der Waals surface area contributed by atoms with Crippen LogP contribution >= 0.6 is 0 Å². The fraction of sp³-hybridized carbons (Fsp3) is 0.350. The number of hydrogen-bond donors (Lipinski definition) is 1. The van der Waals surface area contributed by atoms with Crippen molar-refractivity contribution in [3.05, 3.63) is 65.5 Å². The number of carbonyl (C=O) groups excluding carboxylic acids is 1. The molecule has 0 aliphatic carbocycles. The minimum Gasteiger partial charge on any atom is -0.355 e. The summed E-state index contributed by atoms with van der Waals surface area (Å²) in [5.41, 5.74) is 1.14. The minimum absolute atomic E-state index is 0.0748. The van der Waals surface area contributed by atoms with Gasteiger partial charge in [0.25, 0.3) is 0 Å². The van der Waals surface area contributed by atoms with E-state index in [1.165, 1.54) is 30.3 Å². The Hall–Kier alpha value is -2.25. The molecule has 27 heavy (non-hydrogen) atoms. The number of nitrogens with one attached hydrogen (secondary N) is 1. The number of nitrogens with zero attached hydrogens (tertiary/aromatic N) is 1. The molecule has 2 aromatic rings. The Labute approximate surface area is 160 Å². The van der Waals surface area contributed by atoms with Crippen LogP contribution in [0.15, 0.2) is 53.4 Å². The Bertz CT molecular complexity index is 867. The lowest BCUT2D eigenvalue weighted by molar-refractivity contribution is -0.121. The fourth-order valence-electron chi connectivity index (χ4n) is 2.52. The van der Waals surface area contributed by atoms with Crippen molar-refractivity contribution >= 4 is 15.9 Å². The zero-order valence-corrected chi connectivity index (χ0v) is 16.4. The Balaban J connectivity index is 2.29. The van der Waals surface area contributed by atoms with Gasteiger partial charge in [-0.25, -0.2) is 12.8 Å². The third kappa shape index (κ3) is 5.87. The minimum atomic E-state index is -3.95. The number of sulfonamides is 1. The molecule has 0 spiro atoms. The summed E-state index contributed by atoms with van der Waals surface area (Å²) in [6.07, 6.45) is 1.73. The highest BCUT2D eigenvalue weighted by molar-refractivity contribution is 7.89. The molecular weight excluding hydrogens is 367 g/mol. The molecule has 0 atom stereocenters. The molecule has 1 amide bonds. The van der Waals surface area contributed by atoms with Crippen LogP contribution in [0.3, 0.4) is 0 Å². The van der Waals surface area contributed by atoms with Gasteiger partial charge in [-0.2, -0.15) is 4.31 Å². The Kier molecular flexibility index (Phi) is 7.50. The molecule has 0 saturated heterocycles. The van der Waals surface area contributed by atoms with E-state index in [-0.39, 0.29) is 23.5 Å². The van der Waals surface area contributed by atoms with E-state index < -0.39 is 21.7 Å². The molecule has 146 valence electrons. The molecule has 0 unspecified atom stereocenters. The topological polar surface area (TPSA) is 66.5 Å². The molecule has 0 aliphatic heterocycles. The standard InChI is InChI=1S/C20H25FN2O3S/c1-3-4-13-22-20(24)15-23(14-17-7-5-6-8-19(17)21)27(25,26)18-11-9-16(2)10-12-18/h5-12H,3-4,13-15H2,1-2H3,(H,22,24). The van der Waals surface area contributed by atoms with Gasteiger partial charge in [0, 0.05) is 18.7 Å². The first-order valence-electron chi connectivity index (χ1n) is 8.91. The lowest BCUT2D eigenvalue weighted by Gasteiger charge is -2.22. The second kappa shape index (κ2) is 9.62. The van der Waals surface area contributed by atoms with Crippen molar-refractivity contribution in [3.63, 3.8) is 0 Å². The molecular formula is C20H25FN2O3S. The monoisotopic (exact) mass is 392 g/mol. The van der Waals surface area contributed by atoms with Gasteiger partial charge in [-0.05, 0) is 31.5 Å². The van der Waals surface area contributed by atoms with E-state index in [4.69, 9.17) is 0 Å². The Morgan fingerprint density at radius 3 is 2.41 bits per heavy atom. The summed E-state index contributed by atoms with van der Waals surface area (Å²) in [6, 6.07) is 12.3. The largest absolute Gasteiger partial charge is 0.355 e. The van der Waals surface area contributed by atoms with Gasteiger partial charge in [0.15, 0.2) is 0 Å². The summed E-state index contributed by atoms with van der Waals surface area (Å²) in [7, 11) is -3.95. The van der Waals surface area contributed by atoms with Crippen LogP contribution in [0.4, 0.5) is 4.39 Å².